The summed E-state index contributed by atoms with van der Waals surface area (Å²) >= 11 is 0. The Labute approximate surface area is 121 Å². The van der Waals surface area contributed by atoms with Gasteiger partial charge in [0, 0.05) is 19.2 Å². The summed E-state index contributed by atoms with van der Waals surface area (Å²) in [6.07, 6.45) is 0. The van der Waals surface area contributed by atoms with Crippen LogP contribution in [-0.4, -0.2) is 27.0 Å². The second-order valence-electron chi connectivity index (χ2n) is 3.85. The van der Waals surface area contributed by atoms with Crippen LogP contribution in [0.25, 0.3) is 4.98 Å². The molecule has 0 amide bonds. The molecule has 1 aromatic carbocycles. The van der Waals surface area contributed by atoms with Gasteiger partial charge in [-0.1, -0.05) is 0 Å². The van der Waals surface area contributed by atoms with Gasteiger partial charge in [0.2, 0.25) is 5.39 Å². The van der Waals surface area contributed by atoms with Gasteiger partial charge < -0.3 is 26.9 Å². The van der Waals surface area contributed by atoms with Crippen LogP contribution < -0.4 is 9.64 Å². The molecule has 21 heavy (non-hydrogen) atoms. The van der Waals surface area contributed by atoms with Crippen molar-refractivity contribution in [2.24, 2.45) is 0 Å². The Kier molecular flexibility index (Phi) is 8.20. The number of anilines is 1. The number of rotatable bonds is 5. The van der Waals surface area contributed by atoms with Crippen molar-refractivity contribution < 1.29 is 22.0 Å². The summed E-state index contributed by atoms with van der Waals surface area (Å²) in [7, 11) is -6.00. The number of diazo groups is 1. The van der Waals surface area contributed by atoms with Crippen LogP contribution in [-0.2, 0) is 0 Å². The minimum absolute atomic E-state index is 0.513. The molecular weight excluding hydrogens is 289 g/mol. The van der Waals surface area contributed by atoms with E-state index in [0.29, 0.717) is 12.3 Å². The first-order valence-corrected chi connectivity index (χ1v) is 6.50. The van der Waals surface area contributed by atoms with E-state index in [2.05, 4.69) is 23.7 Å². The molecular formula is C12H18BF4N3O. The molecule has 0 unspecified atom stereocenters. The number of halogens is 4. The van der Waals surface area contributed by atoms with Crippen molar-refractivity contribution in [3.8, 4) is 5.75 Å². The SMILES string of the molecule is CCOc1cc([N+]#N)ccc1N(CC)CC.F[B-](F)(F)F. The summed E-state index contributed by atoms with van der Waals surface area (Å²) in [5.74, 6) is 0.765. The second kappa shape index (κ2) is 9.05. The molecule has 0 bridgehead atoms. The fraction of sp³-hybridized carbons (Fsp3) is 0.500. The van der Waals surface area contributed by atoms with Crippen LogP contribution in [0.5, 0.6) is 5.75 Å². The first-order valence-electron chi connectivity index (χ1n) is 6.50. The van der Waals surface area contributed by atoms with Gasteiger partial charge in [-0.3, -0.25) is 0 Å². The molecule has 0 radical (unpaired) electrons. The zero-order chi connectivity index (χ0) is 16.5. The van der Waals surface area contributed by atoms with Gasteiger partial charge in [-0.05, 0) is 26.8 Å². The second-order valence-corrected chi connectivity index (χ2v) is 3.85. The van der Waals surface area contributed by atoms with E-state index in [4.69, 9.17) is 10.1 Å². The summed E-state index contributed by atoms with van der Waals surface area (Å²) in [5, 5.41) is 8.73. The minimum atomic E-state index is -6.00. The van der Waals surface area contributed by atoms with Crippen molar-refractivity contribution in [2.45, 2.75) is 20.8 Å². The molecule has 0 fully saturated rings. The fourth-order valence-corrected chi connectivity index (χ4v) is 1.66. The summed E-state index contributed by atoms with van der Waals surface area (Å²) in [4.78, 5) is 5.37. The van der Waals surface area contributed by atoms with E-state index in [1.807, 2.05) is 13.0 Å². The maximum absolute atomic E-state index is 9.75. The normalized spacial score (nSPS) is 10.2. The first kappa shape index (κ1) is 19.0. The van der Waals surface area contributed by atoms with Gasteiger partial charge in [-0.2, -0.15) is 0 Å². The lowest BCUT2D eigenvalue weighted by atomic mass is 10.2. The minimum Gasteiger partial charge on any atom is -0.491 e. The highest BCUT2D eigenvalue weighted by atomic mass is 19.5. The van der Waals surface area contributed by atoms with Gasteiger partial charge in [0.1, 0.15) is 0 Å². The van der Waals surface area contributed by atoms with Gasteiger partial charge in [-0.15, -0.1) is 0 Å². The number of benzene rings is 1. The first-order chi connectivity index (χ1) is 9.76. The molecule has 0 aliphatic heterocycles. The van der Waals surface area contributed by atoms with Crippen LogP contribution >= 0.6 is 0 Å². The van der Waals surface area contributed by atoms with E-state index in [1.54, 1.807) is 12.1 Å². The Morgan fingerprint density at radius 3 is 2.05 bits per heavy atom. The van der Waals surface area contributed by atoms with Crippen LogP contribution in [0.1, 0.15) is 20.8 Å². The molecule has 0 saturated carbocycles. The van der Waals surface area contributed by atoms with Crippen molar-refractivity contribution in [1.29, 1.82) is 5.39 Å². The standard InChI is InChI=1S/C12H18N3O.BF4/c1-4-15(5-2)11-8-7-10(14-13)9-12(11)16-6-3;2-1(3,4)5/h7-9H,4-6H2,1-3H3;/q+1;-1. The van der Waals surface area contributed by atoms with E-state index >= 15 is 0 Å². The van der Waals surface area contributed by atoms with E-state index in [1.165, 1.54) is 0 Å². The molecule has 0 saturated heterocycles. The van der Waals surface area contributed by atoms with E-state index < -0.39 is 7.25 Å². The Morgan fingerprint density at radius 1 is 1.14 bits per heavy atom. The Morgan fingerprint density at radius 2 is 1.67 bits per heavy atom. The van der Waals surface area contributed by atoms with E-state index in [-0.39, 0.29) is 0 Å². The van der Waals surface area contributed by atoms with E-state index in [0.717, 1.165) is 24.5 Å². The van der Waals surface area contributed by atoms with Gasteiger partial charge in [0.25, 0.3) is 0 Å². The average Bonchev–Trinajstić information content (AvgIpc) is 2.40. The molecule has 0 N–H and O–H groups in total. The van der Waals surface area contributed by atoms with Crippen molar-refractivity contribution in [3.05, 3.63) is 23.2 Å². The highest BCUT2D eigenvalue weighted by Gasteiger charge is 2.20. The molecule has 0 atom stereocenters. The maximum atomic E-state index is 9.75. The third kappa shape index (κ3) is 8.02. The van der Waals surface area contributed by atoms with Crippen molar-refractivity contribution in [1.82, 2.24) is 0 Å². The quantitative estimate of drug-likeness (QED) is 0.449. The van der Waals surface area contributed by atoms with Gasteiger partial charge in [0.15, 0.2) is 10.7 Å². The summed E-state index contributed by atoms with van der Waals surface area (Å²) < 4.78 is 44.6. The predicted octanol–water partition coefficient (Wildman–Crippen LogP) is 4.72. The molecule has 0 aliphatic rings. The third-order valence-electron chi connectivity index (χ3n) is 2.46. The van der Waals surface area contributed by atoms with Crippen LogP contribution in [0.3, 0.4) is 0 Å². The summed E-state index contributed by atoms with van der Waals surface area (Å²) in [5.41, 5.74) is 1.55. The average molecular weight is 307 g/mol. The van der Waals surface area contributed by atoms with Gasteiger partial charge in [0.05, 0.1) is 18.4 Å². The molecule has 9 heteroatoms. The molecule has 1 aromatic rings. The zero-order valence-electron chi connectivity index (χ0n) is 12.2. The van der Waals surface area contributed by atoms with Crippen molar-refractivity contribution in [3.63, 3.8) is 0 Å². The van der Waals surface area contributed by atoms with Crippen molar-refractivity contribution >= 4 is 18.6 Å². The Hall–Kier alpha value is -1.98. The van der Waals surface area contributed by atoms with E-state index in [9.17, 15) is 17.3 Å². The van der Waals surface area contributed by atoms with Crippen LogP contribution in [0.4, 0.5) is 28.6 Å². The molecule has 0 heterocycles. The van der Waals surface area contributed by atoms with Crippen LogP contribution in [0.2, 0.25) is 0 Å². The van der Waals surface area contributed by atoms with Crippen LogP contribution in [0.15, 0.2) is 18.2 Å². The summed E-state index contributed by atoms with van der Waals surface area (Å²) in [6, 6.07) is 5.44. The molecule has 1 rings (SSSR count). The number of ether oxygens (including phenoxy) is 1. The predicted molar refractivity (Wildman–Crippen MR) is 76.1 cm³/mol. The highest BCUT2D eigenvalue weighted by molar-refractivity contribution is 6.50. The number of nitrogens with zero attached hydrogens (tertiary/aromatic N) is 3. The molecule has 0 aromatic heterocycles. The lowest BCUT2D eigenvalue weighted by molar-refractivity contribution is 0.340. The number of hydrogen-bond donors (Lipinski definition) is 0. The topological polar surface area (TPSA) is 40.6 Å². The lowest BCUT2D eigenvalue weighted by Crippen LogP contribution is -2.22. The van der Waals surface area contributed by atoms with Crippen LogP contribution in [0, 0.1) is 5.39 Å². The molecule has 4 nitrogen and oxygen atoms in total. The highest BCUT2D eigenvalue weighted by Crippen LogP contribution is 2.32. The Bertz CT molecular complexity index is 467. The van der Waals surface area contributed by atoms with Gasteiger partial charge in [-0.25, -0.2) is 0 Å². The molecule has 0 spiro atoms. The molecule has 118 valence electrons. The largest absolute Gasteiger partial charge is 0.673 e. The van der Waals surface area contributed by atoms with Gasteiger partial charge >= 0.3 is 12.9 Å². The monoisotopic (exact) mass is 307 g/mol. The van der Waals surface area contributed by atoms with Crippen molar-refractivity contribution in [2.75, 3.05) is 24.6 Å². The fourth-order valence-electron chi connectivity index (χ4n) is 1.66. The lowest BCUT2D eigenvalue weighted by Gasteiger charge is -2.23. The summed E-state index contributed by atoms with van der Waals surface area (Å²) in [6.45, 7) is 8.59. The zero-order valence-corrected chi connectivity index (χ0v) is 12.2. The smallest absolute Gasteiger partial charge is 0.491 e. The number of hydrogen-bond acceptors (Lipinski definition) is 3. The maximum Gasteiger partial charge on any atom is 0.673 e. The Balaban J connectivity index is 0.000000690. The molecule has 0 aliphatic carbocycles. The third-order valence-corrected chi connectivity index (χ3v) is 2.46.